The topological polar surface area (TPSA) is 78.6 Å². The molecule has 88 valence electrons. The van der Waals surface area contributed by atoms with Crippen LogP contribution in [0.2, 0.25) is 0 Å². The van der Waals surface area contributed by atoms with E-state index in [1.54, 1.807) is 6.92 Å². The van der Waals surface area contributed by atoms with Gasteiger partial charge in [-0.05, 0) is 32.6 Å². The number of ether oxygens (including phenoxy) is 2. The van der Waals surface area contributed by atoms with Gasteiger partial charge in [0.25, 0.3) is 0 Å². The lowest BCUT2D eigenvalue weighted by atomic mass is 9.97. The first-order valence-electron chi connectivity index (χ1n) is 5.51. The minimum absolute atomic E-state index is 0.108. The summed E-state index contributed by atoms with van der Waals surface area (Å²) in [5.41, 5.74) is 5.30. The monoisotopic (exact) mass is 225 g/mol. The predicted molar refractivity (Wildman–Crippen MR) is 55.1 cm³/mol. The van der Waals surface area contributed by atoms with E-state index >= 15 is 0 Å². The summed E-state index contributed by atoms with van der Waals surface area (Å²) in [5, 5.41) is 0. The van der Waals surface area contributed by atoms with Gasteiger partial charge in [-0.25, -0.2) is 9.59 Å². The summed E-state index contributed by atoms with van der Waals surface area (Å²) in [5.74, 6) is -1.31. The Balaban J connectivity index is 2.31. The maximum Gasteiger partial charge on any atom is 0.348 e. The third-order valence-corrected chi connectivity index (χ3v) is 3.14. The summed E-state index contributed by atoms with van der Waals surface area (Å²) in [4.78, 5) is 23.1. The van der Waals surface area contributed by atoms with Crippen molar-refractivity contribution >= 4 is 11.9 Å². The van der Waals surface area contributed by atoms with Crippen molar-refractivity contribution in [2.75, 3.05) is 6.61 Å². The summed E-state index contributed by atoms with van der Waals surface area (Å²) in [6.45, 7) is 1.90. The number of carbonyl (C=O) groups excluding carboxylic acids is 2. The van der Waals surface area contributed by atoms with E-state index in [2.05, 4.69) is 0 Å². The van der Waals surface area contributed by atoms with Crippen molar-refractivity contribution < 1.29 is 19.1 Å². The number of hydrogen-bond acceptors (Lipinski definition) is 5. The van der Waals surface area contributed by atoms with Gasteiger partial charge in [0, 0.05) is 0 Å². The average Bonchev–Trinajstić information content (AvgIpc) is 2.76. The van der Waals surface area contributed by atoms with Gasteiger partial charge in [-0.1, -0.05) is 0 Å². The van der Waals surface area contributed by atoms with Crippen molar-refractivity contribution in [3.63, 3.8) is 0 Å². The highest BCUT2D eigenvalue weighted by atomic mass is 16.6. The van der Waals surface area contributed by atoms with Crippen molar-refractivity contribution in [2.24, 2.45) is 5.73 Å². The zero-order chi connectivity index (χ0) is 11.8. The third-order valence-electron chi connectivity index (χ3n) is 3.14. The highest BCUT2D eigenvalue weighted by molar-refractivity contribution is 6.16. The van der Waals surface area contributed by atoms with E-state index in [0.717, 1.165) is 12.8 Å². The molecule has 1 aliphatic carbocycles. The van der Waals surface area contributed by atoms with Gasteiger partial charge in [0.05, 0.1) is 12.3 Å². The molecule has 0 saturated heterocycles. The van der Waals surface area contributed by atoms with Crippen molar-refractivity contribution in [1.29, 1.82) is 0 Å². The van der Waals surface area contributed by atoms with Gasteiger partial charge in [-0.2, -0.15) is 0 Å². The Morgan fingerprint density at radius 3 is 2.69 bits per heavy atom. The Labute approximate surface area is 93.6 Å². The van der Waals surface area contributed by atoms with Crippen molar-refractivity contribution in [2.45, 2.75) is 38.2 Å². The van der Waals surface area contributed by atoms with E-state index in [1.807, 2.05) is 0 Å². The lowest BCUT2D eigenvalue weighted by Gasteiger charge is -2.22. The summed E-state index contributed by atoms with van der Waals surface area (Å²) in [6, 6.07) is 0. The van der Waals surface area contributed by atoms with Crippen molar-refractivity contribution in [1.82, 2.24) is 0 Å². The average molecular weight is 225 g/mol. The molecule has 0 aromatic rings. The van der Waals surface area contributed by atoms with Gasteiger partial charge in [0.15, 0.2) is 11.2 Å². The standard InChI is InChI=1S/C11H15NO4/c1-2-15-9(13)7-8(12)11(16-10(7)14)5-3-4-6-11/h2-6,12H2,1H3. The number of nitrogens with two attached hydrogens (primary N) is 1. The van der Waals surface area contributed by atoms with Gasteiger partial charge in [0.1, 0.15) is 0 Å². The number of hydrogen-bond donors (Lipinski definition) is 1. The van der Waals surface area contributed by atoms with Crippen LogP contribution < -0.4 is 5.73 Å². The maximum atomic E-state index is 11.6. The van der Waals surface area contributed by atoms with E-state index in [1.165, 1.54) is 0 Å². The van der Waals surface area contributed by atoms with Crippen LogP contribution in [0, 0.1) is 0 Å². The van der Waals surface area contributed by atoms with Gasteiger partial charge in [-0.15, -0.1) is 0 Å². The van der Waals surface area contributed by atoms with Crippen LogP contribution in [-0.4, -0.2) is 24.1 Å². The summed E-state index contributed by atoms with van der Waals surface area (Å²) in [7, 11) is 0. The largest absolute Gasteiger partial charge is 0.462 e. The zero-order valence-electron chi connectivity index (χ0n) is 9.25. The molecule has 1 aliphatic heterocycles. The molecule has 5 nitrogen and oxygen atoms in total. The van der Waals surface area contributed by atoms with E-state index in [9.17, 15) is 9.59 Å². The number of carbonyl (C=O) groups is 2. The smallest absolute Gasteiger partial charge is 0.348 e. The molecule has 0 unspecified atom stereocenters. The summed E-state index contributed by atoms with van der Waals surface area (Å²) in [6.07, 6.45) is 3.33. The van der Waals surface area contributed by atoms with Crippen LogP contribution in [0.15, 0.2) is 11.3 Å². The molecule has 5 heteroatoms. The molecule has 0 radical (unpaired) electrons. The van der Waals surface area contributed by atoms with Crippen LogP contribution in [-0.2, 0) is 19.1 Å². The molecule has 0 bridgehead atoms. The van der Waals surface area contributed by atoms with E-state index < -0.39 is 17.5 Å². The van der Waals surface area contributed by atoms with Crippen LogP contribution in [0.3, 0.4) is 0 Å². The first kappa shape index (κ1) is 11.0. The first-order chi connectivity index (χ1) is 7.60. The van der Waals surface area contributed by atoms with Gasteiger partial charge >= 0.3 is 11.9 Å². The molecule has 2 rings (SSSR count). The fourth-order valence-electron chi connectivity index (χ4n) is 2.34. The van der Waals surface area contributed by atoms with Crippen LogP contribution in [0.1, 0.15) is 32.6 Å². The van der Waals surface area contributed by atoms with Gasteiger partial charge in [-0.3, -0.25) is 0 Å². The minimum atomic E-state index is -0.723. The molecule has 0 aromatic heterocycles. The number of rotatable bonds is 2. The lowest BCUT2D eigenvalue weighted by Crippen LogP contribution is -2.32. The second kappa shape index (κ2) is 3.81. The molecule has 1 saturated carbocycles. The molecule has 0 aromatic carbocycles. The molecule has 2 aliphatic rings. The molecule has 0 atom stereocenters. The molecular formula is C11H15NO4. The highest BCUT2D eigenvalue weighted by Gasteiger charge is 2.50. The fourth-order valence-corrected chi connectivity index (χ4v) is 2.34. The SMILES string of the molecule is CCOC(=O)C1=C(N)C2(CCCC2)OC1=O. The molecule has 1 heterocycles. The first-order valence-corrected chi connectivity index (χ1v) is 5.51. The Morgan fingerprint density at radius 1 is 1.50 bits per heavy atom. The van der Waals surface area contributed by atoms with Crippen molar-refractivity contribution in [3.8, 4) is 0 Å². The Kier molecular flexibility index (Phi) is 2.61. The quantitative estimate of drug-likeness (QED) is 0.551. The normalized spacial score (nSPS) is 22.7. The van der Waals surface area contributed by atoms with E-state index in [0.29, 0.717) is 12.8 Å². The predicted octanol–water partition coefficient (Wildman–Crippen LogP) is 0.632. The van der Waals surface area contributed by atoms with Crippen LogP contribution in [0.4, 0.5) is 0 Å². The number of esters is 2. The molecule has 16 heavy (non-hydrogen) atoms. The Hall–Kier alpha value is -1.52. The van der Waals surface area contributed by atoms with Crippen LogP contribution in [0.5, 0.6) is 0 Å². The van der Waals surface area contributed by atoms with Crippen molar-refractivity contribution in [3.05, 3.63) is 11.3 Å². The fraction of sp³-hybridized carbons (Fsp3) is 0.636. The molecule has 1 fully saturated rings. The Morgan fingerprint density at radius 2 is 2.12 bits per heavy atom. The third kappa shape index (κ3) is 1.47. The maximum absolute atomic E-state index is 11.6. The van der Waals surface area contributed by atoms with Gasteiger partial charge < -0.3 is 15.2 Å². The molecule has 0 amide bonds. The van der Waals surface area contributed by atoms with Crippen LogP contribution in [0.25, 0.3) is 0 Å². The highest BCUT2D eigenvalue weighted by Crippen LogP contribution is 2.43. The molecule has 1 spiro atoms. The van der Waals surface area contributed by atoms with E-state index in [-0.39, 0.29) is 17.9 Å². The summed E-state index contributed by atoms with van der Waals surface area (Å²) < 4.78 is 10.1. The second-order valence-corrected chi connectivity index (χ2v) is 4.10. The van der Waals surface area contributed by atoms with E-state index in [4.69, 9.17) is 15.2 Å². The molecule has 2 N–H and O–H groups in total. The Bertz CT molecular complexity index is 366. The molecular weight excluding hydrogens is 210 g/mol. The minimum Gasteiger partial charge on any atom is -0.462 e. The van der Waals surface area contributed by atoms with Gasteiger partial charge in [0.2, 0.25) is 0 Å². The van der Waals surface area contributed by atoms with Crippen LogP contribution >= 0.6 is 0 Å². The zero-order valence-corrected chi connectivity index (χ0v) is 9.25. The summed E-state index contributed by atoms with van der Waals surface area (Å²) >= 11 is 0. The lowest BCUT2D eigenvalue weighted by molar-refractivity contribution is -0.150. The second-order valence-electron chi connectivity index (χ2n) is 4.10.